The normalized spacial score (nSPS) is 11.4. The van der Waals surface area contributed by atoms with Gasteiger partial charge in [0.15, 0.2) is 0 Å². The van der Waals surface area contributed by atoms with E-state index in [4.69, 9.17) is 21.4 Å². The molecule has 0 bridgehead atoms. The van der Waals surface area contributed by atoms with Crippen molar-refractivity contribution in [1.82, 2.24) is 9.97 Å². The second kappa shape index (κ2) is 5.79. The Labute approximate surface area is 157 Å². The van der Waals surface area contributed by atoms with Crippen molar-refractivity contribution < 1.29 is 0 Å². The van der Waals surface area contributed by atoms with Crippen LogP contribution in [0.5, 0.6) is 0 Å². The van der Waals surface area contributed by atoms with Crippen LogP contribution in [0.2, 0.25) is 0 Å². The third-order valence-electron chi connectivity index (χ3n) is 4.21. The predicted octanol–water partition coefficient (Wildman–Crippen LogP) is 5.40. The Bertz CT molecular complexity index is 1090. The van der Waals surface area contributed by atoms with Crippen molar-refractivity contribution in [1.29, 1.82) is 0 Å². The minimum atomic E-state index is 0.759. The number of nitrogens with zero attached hydrogens (tertiary/aromatic N) is 2. The highest BCUT2D eigenvalue weighted by Gasteiger charge is 2.11. The molecule has 0 radical (unpaired) electrons. The lowest BCUT2D eigenvalue weighted by Gasteiger charge is -1.96. The van der Waals surface area contributed by atoms with Crippen molar-refractivity contribution in [3.63, 3.8) is 0 Å². The first-order chi connectivity index (χ1) is 12.7. The molecule has 4 nitrogen and oxygen atoms in total. The zero-order chi connectivity index (χ0) is 17.7. The minimum Gasteiger partial charge on any atom is -0.399 e. The molecule has 126 valence electrons. The SMILES string of the molecule is Nc1ccc(-c2nc3cc4nc(-c5ccc(N)cc5)sc4cc3s2)cc1. The molecule has 0 saturated heterocycles. The Hall–Kier alpha value is -2.96. The van der Waals surface area contributed by atoms with Crippen LogP contribution in [0.3, 0.4) is 0 Å². The van der Waals surface area contributed by atoms with E-state index in [0.717, 1.165) is 53.0 Å². The van der Waals surface area contributed by atoms with E-state index in [0.29, 0.717) is 0 Å². The van der Waals surface area contributed by atoms with Gasteiger partial charge in [-0.15, -0.1) is 22.7 Å². The summed E-state index contributed by atoms with van der Waals surface area (Å²) in [6, 6.07) is 19.9. The van der Waals surface area contributed by atoms with Crippen LogP contribution in [0.25, 0.3) is 41.6 Å². The largest absolute Gasteiger partial charge is 0.399 e. The van der Waals surface area contributed by atoms with Crippen LogP contribution in [-0.4, -0.2) is 9.97 Å². The average Bonchev–Trinajstić information content (AvgIpc) is 3.23. The van der Waals surface area contributed by atoms with Crippen LogP contribution in [-0.2, 0) is 0 Å². The molecule has 0 aliphatic carbocycles. The standard InChI is InChI=1S/C20H14N4S2/c21-13-5-1-11(2-6-13)19-23-15-9-16-18(10-17(15)25-19)26-20(24-16)12-3-7-14(22)8-4-12/h1-10H,21-22H2. The van der Waals surface area contributed by atoms with Crippen LogP contribution in [0.1, 0.15) is 0 Å². The Morgan fingerprint density at radius 1 is 0.577 bits per heavy atom. The lowest BCUT2D eigenvalue weighted by Crippen LogP contribution is -1.83. The monoisotopic (exact) mass is 374 g/mol. The fourth-order valence-electron chi connectivity index (χ4n) is 2.85. The van der Waals surface area contributed by atoms with Gasteiger partial charge >= 0.3 is 0 Å². The van der Waals surface area contributed by atoms with E-state index in [1.165, 1.54) is 0 Å². The zero-order valence-corrected chi connectivity index (χ0v) is 15.3. The van der Waals surface area contributed by atoms with Crippen LogP contribution < -0.4 is 11.5 Å². The van der Waals surface area contributed by atoms with E-state index in [9.17, 15) is 0 Å². The van der Waals surface area contributed by atoms with Gasteiger partial charge in [-0.25, -0.2) is 9.97 Å². The molecule has 0 unspecified atom stereocenters. The molecule has 0 aliphatic rings. The number of benzene rings is 3. The molecule has 2 heterocycles. The van der Waals surface area contributed by atoms with E-state index in [1.807, 2.05) is 48.5 Å². The van der Waals surface area contributed by atoms with Crippen LogP contribution >= 0.6 is 22.7 Å². The highest BCUT2D eigenvalue weighted by molar-refractivity contribution is 7.23. The fourth-order valence-corrected chi connectivity index (χ4v) is 4.91. The van der Waals surface area contributed by atoms with Crippen molar-refractivity contribution in [2.24, 2.45) is 0 Å². The van der Waals surface area contributed by atoms with Gasteiger partial charge in [0.25, 0.3) is 0 Å². The summed E-state index contributed by atoms with van der Waals surface area (Å²) >= 11 is 3.38. The summed E-state index contributed by atoms with van der Waals surface area (Å²) in [6.07, 6.45) is 0. The number of aromatic nitrogens is 2. The number of hydrogen-bond acceptors (Lipinski definition) is 6. The third kappa shape index (κ3) is 2.60. The molecule has 26 heavy (non-hydrogen) atoms. The number of nitrogens with two attached hydrogens (primary N) is 2. The average molecular weight is 374 g/mol. The zero-order valence-electron chi connectivity index (χ0n) is 13.6. The summed E-state index contributed by atoms with van der Waals surface area (Å²) < 4.78 is 2.33. The quantitative estimate of drug-likeness (QED) is 0.405. The van der Waals surface area contributed by atoms with Crippen LogP contribution in [0.15, 0.2) is 60.7 Å². The number of fused-ring (bicyclic) bond motifs is 2. The van der Waals surface area contributed by atoms with Gasteiger partial charge in [-0.1, -0.05) is 0 Å². The molecule has 5 aromatic rings. The van der Waals surface area contributed by atoms with Gasteiger partial charge in [-0.3, -0.25) is 0 Å². The number of hydrogen-bond donors (Lipinski definition) is 2. The maximum Gasteiger partial charge on any atom is 0.124 e. The summed E-state index contributed by atoms with van der Waals surface area (Å²) in [5.41, 5.74) is 17.2. The first kappa shape index (κ1) is 15.3. The van der Waals surface area contributed by atoms with Gasteiger partial charge in [0, 0.05) is 22.5 Å². The van der Waals surface area contributed by atoms with Crippen LogP contribution in [0.4, 0.5) is 11.4 Å². The Morgan fingerprint density at radius 2 is 1.00 bits per heavy atom. The number of anilines is 2. The van der Waals surface area contributed by atoms with Crippen molar-refractivity contribution in [2.45, 2.75) is 0 Å². The molecule has 0 atom stereocenters. The molecule has 6 heteroatoms. The lowest BCUT2D eigenvalue weighted by molar-refractivity contribution is 1.46. The fraction of sp³-hybridized carbons (Fsp3) is 0. The summed E-state index contributed by atoms with van der Waals surface area (Å²) in [5.74, 6) is 0. The summed E-state index contributed by atoms with van der Waals surface area (Å²) in [6.45, 7) is 0. The van der Waals surface area contributed by atoms with Crippen molar-refractivity contribution >= 4 is 54.5 Å². The molecular weight excluding hydrogens is 360 g/mol. The van der Waals surface area contributed by atoms with Gasteiger partial charge in [-0.2, -0.15) is 0 Å². The lowest BCUT2D eigenvalue weighted by atomic mass is 10.2. The molecule has 0 fully saturated rings. The summed E-state index contributed by atoms with van der Waals surface area (Å²) in [4.78, 5) is 9.56. The predicted molar refractivity (Wildman–Crippen MR) is 112 cm³/mol. The van der Waals surface area contributed by atoms with E-state index >= 15 is 0 Å². The van der Waals surface area contributed by atoms with Gasteiger partial charge in [0.1, 0.15) is 10.0 Å². The maximum atomic E-state index is 5.77. The maximum absolute atomic E-state index is 5.77. The molecule has 5 rings (SSSR count). The van der Waals surface area contributed by atoms with Crippen molar-refractivity contribution in [2.75, 3.05) is 11.5 Å². The third-order valence-corrected chi connectivity index (χ3v) is 6.35. The second-order valence-electron chi connectivity index (χ2n) is 6.07. The first-order valence-corrected chi connectivity index (χ1v) is 9.72. The van der Waals surface area contributed by atoms with Gasteiger partial charge in [-0.05, 0) is 60.7 Å². The van der Waals surface area contributed by atoms with E-state index < -0.39 is 0 Å². The molecule has 4 N–H and O–H groups in total. The second-order valence-corrected chi connectivity index (χ2v) is 8.13. The minimum absolute atomic E-state index is 0.759. The van der Waals surface area contributed by atoms with Crippen LogP contribution in [0, 0.1) is 0 Å². The van der Waals surface area contributed by atoms with E-state index in [1.54, 1.807) is 22.7 Å². The molecule has 0 spiro atoms. The Balaban J connectivity index is 1.60. The van der Waals surface area contributed by atoms with Gasteiger partial charge in [0.2, 0.25) is 0 Å². The first-order valence-electron chi connectivity index (χ1n) is 8.09. The van der Waals surface area contributed by atoms with Crippen molar-refractivity contribution in [3.8, 4) is 21.1 Å². The molecule has 2 aromatic heterocycles. The number of rotatable bonds is 2. The van der Waals surface area contributed by atoms with E-state index in [2.05, 4.69) is 12.1 Å². The highest BCUT2D eigenvalue weighted by Crippen LogP contribution is 2.37. The Morgan fingerprint density at radius 3 is 1.42 bits per heavy atom. The Kier molecular flexibility index (Phi) is 3.41. The molecule has 0 amide bonds. The molecular formula is C20H14N4S2. The molecule has 0 saturated carbocycles. The van der Waals surface area contributed by atoms with Gasteiger partial charge < -0.3 is 11.5 Å². The van der Waals surface area contributed by atoms with Crippen molar-refractivity contribution in [3.05, 3.63) is 60.7 Å². The summed E-state index contributed by atoms with van der Waals surface area (Å²) in [5, 5.41) is 1.99. The number of nitrogen functional groups attached to an aromatic ring is 2. The molecule has 0 aliphatic heterocycles. The smallest absolute Gasteiger partial charge is 0.124 e. The summed E-state index contributed by atoms with van der Waals surface area (Å²) in [7, 11) is 0. The highest BCUT2D eigenvalue weighted by atomic mass is 32.1. The topological polar surface area (TPSA) is 77.8 Å². The van der Waals surface area contributed by atoms with E-state index in [-0.39, 0.29) is 0 Å². The number of thiazole rings is 2. The molecule has 3 aromatic carbocycles. The van der Waals surface area contributed by atoms with Gasteiger partial charge in [0.05, 0.1) is 20.4 Å².